The number of amides is 1. The molecule has 0 bridgehead atoms. The SMILES string of the molecule is C=CCOC12Oc3ccc(Oc4ccc(OC)c(C=O)c4)cc3C3C(CCCCO)C(CCCCO)C=C(C(=NOCc4ccccc4)CC1N(CCOCCO)C(=O)OCC)C32. The highest BCUT2D eigenvalue weighted by molar-refractivity contribution is 6.03. The molecule has 0 saturated heterocycles. The highest BCUT2D eigenvalue weighted by atomic mass is 16.7. The number of unbranched alkanes of at least 4 members (excludes halogenated alkanes) is 2. The highest BCUT2D eigenvalue weighted by Crippen LogP contribution is 2.62. The Morgan fingerprint density at radius 2 is 1.73 bits per heavy atom. The average Bonchev–Trinajstić information content (AvgIpc) is 3.30. The van der Waals surface area contributed by atoms with Crippen LogP contribution in [0.25, 0.3) is 0 Å². The number of hydrogen-bond donors (Lipinski definition) is 3. The van der Waals surface area contributed by atoms with Gasteiger partial charge < -0.3 is 48.6 Å². The minimum atomic E-state index is -1.51. The molecule has 1 fully saturated rings. The number of methoxy groups -OCH3 is 1. The molecule has 6 unspecified atom stereocenters. The number of carbonyl (C=O) groups excluding carboxylic acids is 2. The molecule has 6 rings (SSSR count). The van der Waals surface area contributed by atoms with Gasteiger partial charge >= 0.3 is 6.09 Å². The largest absolute Gasteiger partial charge is 0.496 e. The first-order chi connectivity index (χ1) is 30.9. The lowest BCUT2D eigenvalue weighted by atomic mass is 9.55. The number of benzene rings is 3. The Bertz CT molecular complexity index is 2020. The van der Waals surface area contributed by atoms with Crippen LogP contribution in [-0.4, -0.2) is 110 Å². The summed E-state index contributed by atoms with van der Waals surface area (Å²) in [6.07, 6.45) is 8.56. The quantitative estimate of drug-likeness (QED) is 0.0330. The zero-order chi connectivity index (χ0) is 44.6. The molecule has 1 aliphatic heterocycles. The molecule has 14 heteroatoms. The summed E-state index contributed by atoms with van der Waals surface area (Å²) in [7, 11) is 1.50. The number of hydrogen-bond acceptors (Lipinski definition) is 13. The number of allylic oxidation sites excluding steroid dienone is 1. The fourth-order valence-corrected chi connectivity index (χ4v) is 9.39. The van der Waals surface area contributed by atoms with Crippen molar-refractivity contribution < 1.29 is 58.2 Å². The van der Waals surface area contributed by atoms with Gasteiger partial charge in [-0.25, -0.2) is 4.79 Å². The molecule has 3 aliphatic rings. The molecule has 3 aromatic rings. The molecule has 1 saturated carbocycles. The van der Waals surface area contributed by atoms with Gasteiger partial charge in [-0.15, -0.1) is 6.58 Å². The maximum atomic E-state index is 14.2. The fourth-order valence-electron chi connectivity index (χ4n) is 9.39. The van der Waals surface area contributed by atoms with Crippen LogP contribution in [0.5, 0.6) is 23.0 Å². The molecule has 0 radical (unpaired) electrons. The van der Waals surface area contributed by atoms with Gasteiger partial charge in [0, 0.05) is 37.7 Å². The van der Waals surface area contributed by atoms with Crippen molar-refractivity contribution in [1.82, 2.24) is 4.90 Å². The van der Waals surface area contributed by atoms with Crippen molar-refractivity contribution in [3.8, 4) is 23.0 Å². The van der Waals surface area contributed by atoms with Gasteiger partial charge in [-0.05, 0) is 92.0 Å². The van der Waals surface area contributed by atoms with Crippen LogP contribution in [-0.2, 0) is 25.7 Å². The summed E-state index contributed by atoms with van der Waals surface area (Å²) in [6.45, 7) is 6.40. The minimum absolute atomic E-state index is 0.0137. The molecule has 1 heterocycles. The number of aldehydes is 1. The molecular formula is C49H62N2O12. The maximum absolute atomic E-state index is 14.2. The van der Waals surface area contributed by atoms with Crippen molar-refractivity contribution in [3.63, 3.8) is 0 Å². The van der Waals surface area contributed by atoms with Crippen LogP contribution < -0.4 is 14.2 Å². The molecule has 0 spiro atoms. The Labute approximate surface area is 370 Å². The third kappa shape index (κ3) is 11.1. The second kappa shape index (κ2) is 23.4. The lowest BCUT2D eigenvalue weighted by Crippen LogP contribution is -2.70. The van der Waals surface area contributed by atoms with E-state index in [2.05, 4.69) is 12.7 Å². The molecule has 1 amide bonds. The van der Waals surface area contributed by atoms with Gasteiger partial charge in [0.15, 0.2) is 6.29 Å². The number of rotatable bonds is 25. The predicted octanol–water partition coefficient (Wildman–Crippen LogP) is 7.60. The molecule has 14 nitrogen and oxygen atoms in total. The van der Waals surface area contributed by atoms with Gasteiger partial charge in [-0.1, -0.05) is 60.5 Å². The summed E-state index contributed by atoms with van der Waals surface area (Å²) in [5.74, 6) is -0.456. The number of ether oxygens (including phenoxy) is 6. The van der Waals surface area contributed by atoms with E-state index in [4.69, 9.17) is 38.4 Å². The van der Waals surface area contributed by atoms with Crippen LogP contribution in [0.4, 0.5) is 4.79 Å². The first kappa shape index (κ1) is 47.2. The number of oxime groups is 1. The molecular weight excluding hydrogens is 809 g/mol. The molecule has 0 aromatic heterocycles. The van der Waals surface area contributed by atoms with E-state index in [9.17, 15) is 24.9 Å². The highest BCUT2D eigenvalue weighted by Gasteiger charge is 2.65. The number of fused-ring (bicyclic) bond motifs is 2. The van der Waals surface area contributed by atoms with E-state index in [1.807, 2.05) is 42.5 Å². The van der Waals surface area contributed by atoms with Crippen molar-refractivity contribution in [2.75, 3.05) is 59.9 Å². The Morgan fingerprint density at radius 1 is 0.968 bits per heavy atom. The van der Waals surface area contributed by atoms with Crippen molar-refractivity contribution >= 4 is 18.1 Å². The van der Waals surface area contributed by atoms with Gasteiger partial charge in [-0.3, -0.25) is 9.69 Å². The number of aliphatic hydroxyl groups excluding tert-OH is 3. The summed E-state index contributed by atoms with van der Waals surface area (Å²) in [4.78, 5) is 33.9. The van der Waals surface area contributed by atoms with E-state index in [0.717, 1.165) is 48.7 Å². The summed E-state index contributed by atoms with van der Waals surface area (Å²) in [6, 6.07) is 19.6. The Hall–Kier alpha value is -5.25. The van der Waals surface area contributed by atoms with Crippen LogP contribution in [0.3, 0.4) is 0 Å². The molecule has 63 heavy (non-hydrogen) atoms. The van der Waals surface area contributed by atoms with Crippen LogP contribution in [0.2, 0.25) is 0 Å². The summed E-state index contributed by atoms with van der Waals surface area (Å²) < 4.78 is 37.6. The smallest absolute Gasteiger partial charge is 0.410 e. The zero-order valence-electron chi connectivity index (χ0n) is 36.4. The Kier molecular flexibility index (Phi) is 17.6. The normalized spacial score (nSPS) is 22.8. The number of aliphatic hydroxyl groups is 3. The van der Waals surface area contributed by atoms with Crippen molar-refractivity contribution in [2.45, 2.75) is 76.2 Å². The van der Waals surface area contributed by atoms with E-state index >= 15 is 0 Å². The van der Waals surface area contributed by atoms with Crippen molar-refractivity contribution in [2.24, 2.45) is 22.9 Å². The molecule has 3 N–H and O–H groups in total. The zero-order valence-corrected chi connectivity index (χ0v) is 36.4. The van der Waals surface area contributed by atoms with Crippen LogP contribution in [0.1, 0.15) is 79.3 Å². The second-order valence-corrected chi connectivity index (χ2v) is 15.9. The predicted molar refractivity (Wildman–Crippen MR) is 236 cm³/mol. The average molecular weight is 871 g/mol. The third-order valence-corrected chi connectivity index (χ3v) is 12.0. The Balaban J connectivity index is 1.57. The topological polar surface area (TPSA) is 175 Å². The van der Waals surface area contributed by atoms with Crippen LogP contribution in [0.15, 0.2) is 96.2 Å². The van der Waals surface area contributed by atoms with E-state index in [-0.39, 0.29) is 83.6 Å². The van der Waals surface area contributed by atoms with E-state index in [0.29, 0.717) is 47.1 Å². The Morgan fingerprint density at radius 3 is 2.44 bits per heavy atom. The second-order valence-electron chi connectivity index (χ2n) is 15.9. The summed E-state index contributed by atoms with van der Waals surface area (Å²) in [5.41, 5.74) is 3.66. The van der Waals surface area contributed by atoms with Crippen LogP contribution in [0, 0.1) is 17.8 Å². The standard InChI is InChI=1S/C49H62N2O12/c1-4-25-60-49-45(51(48(56)59-5-2)21-26-58-27-24-54)31-42(50-61-33-34-13-7-6-8-14-34)40-29-35(15-9-11-22-52)39(16-10-12-23-53)46(47(40)49)41-30-38(18-20-44(41)63-49)62-37-17-19-43(57-3)36(28-37)32-55/h4,6-8,13-14,17-20,28-30,32,35,39,45-47,52-54H,1,5,9-12,15-16,21-27,31,33H2,2-3H3. The van der Waals surface area contributed by atoms with Crippen molar-refractivity contribution in [3.05, 3.63) is 108 Å². The van der Waals surface area contributed by atoms with Gasteiger partial charge in [-0.2, -0.15) is 0 Å². The van der Waals surface area contributed by atoms with Gasteiger partial charge in [0.2, 0.25) is 5.79 Å². The van der Waals surface area contributed by atoms with E-state index < -0.39 is 23.8 Å². The summed E-state index contributed by atoms with van der Waals surface area (Å²) in [5, 5.41) is 34.3. The van der Waals surface area contributed by atoms with Crippen molar-refractivity contribution in [1.29, 1.82) is 0 Å². The third-order valence-electron chi connectivity index (χ3n) is 12.0. The first-order valence-corrected chi connectivity index (χ1v) is 22.0. The van der Waals surface area contributed by atoms with Gasteiger partial charge in [0.25, 0.3) is 0 Å². The molecule has 340 valence electrons. The van der Waals surface area contributed by atoms with Gasteiger partial charge in [0.05, 0.1) is 57.3 Å². The van der Waals surface area contributed by atoms with E-state index in [1.54, 1.807) is 42.2 Å². The van der Waals surface area contributed by atoms with E-state index in [1.165, 1.54) is 7.11 Å². The first-order valence-electron chi connectivity index (χ1n) is 22.0. The summed E-state index contributed by atoms with van der Waals surface area (Å²) >= 11 is 0. The molecule has 2 aliphatic carbocycles. The number of nitrogens with zero attached hydrogens (tertiary/aromatic N) is 2. The number of carbonyl (C=O) groups is 2. The lowest BCUT2D eigenvalue weighted by molar-refractivity contribution is -0.256. The van der Waals surface area contributed by atoms with Crippen LogP contribution >= 0.6 is 0 Å². The molecule has 3 aromatic carbocycles. The lowest BCUT2D eigenvalue weighted by Gasteiger charge is -2.59. The minimum Gasteiger partial charge on any atom is -0.496 e. The monoisotopic (exact) mass is 870 g/mol. The van der Waals surface area contributed by atoms with Gasteiger partial charge in [0.1, 0.15) is 35.6 Å². The fraction of sp³-hybridized carbons (Fsp3) is 0.490. The molecule has 6 atom stereocenters. The maximum Gasteiger partial charge on any atom is 0.410 e.